The second-order valence-corrected chi connectivity index (χ2v) is 5.55. The van der Waals surface area contributed by atoms with E-state index in [2.05, 4.69) is 5.16 Å². The van der Waals surface area contributed by atoms with Gasteiger partial charge in [-0.15, -0.1) is 0 Å². The summed E-state index contributed by atoms with van der Waals surface area (Å²) in [7, 11) is -3.42. The van der Waals surface area contributed by atoms with Gasteiger partial charge in [-0.2, -0.15) is 5.26 Å². The monoisotopic (exact) mass is 257 g/mol. The van der Waals surface area contributed by atoms with Gasteiger partial charge in [-0.3, -0.25) is 0 Å². The summed E-state index contributed by atoms with van der Waals surface area (Å²) in [6, 6.07) is 3.53. The number of hydrogen-bond donors (Lipinski definition) is 0. The Labute approximate surface area is 101 Å². The third kappa shape index (κ3) is 3.84. The Morgan fingerprint density at radius 1 is 1.59 bits per heavy atom. The Morgan fingerprint density at radius 2 is 2.29 bits per heavy atom. The van der Waals surface area contributed by atoms with Crippen molar-refractivity contribution >= 4 is 10.0 Å². The van der Waals surface area contributed by atoms with Crippen LogP contribution in [0.5, 0.6) is 0 Å². The van der Waals surface area contributed by atoms with Gasteiger partial charge >= 0.3 is 0 Å². The lowest BCUT2D eigenvalue weighted by Crippen LogP contribution is -2.32. The van der Waals surface area contributed by atoms with Crippen molar-refractivity contribution in [1.29, 1.82) is 5.26 Å². The Balaban J connectivity index is 2.76. The van der Waals surface area contributed by atoms with Crippen LogP contribution in [0, 0.1) is 18.3 Å². The van der Waals surface area contributed by atoms with E-state index in [0.717, 1.165) is 0 Å². The lowest BCUT2D eigenvalue weighted by molar-refractivity contribution is 0.390. The van der Waals surface area contributed by atoms with Crippen LogP contribution in [-0.2, 0) is 15.8 Å². The van der Waals surface area contributed by atoms with E-state index in [-0.39, 0.29) is 18.7 Å². The second kappa shape index (κ2) is 5.80. The molecule has 1 aromatic heterocycles. The average molecular weight is 257 g/mol. The molecule has 0 fully saturated rings. The summed E-state index contributed by atoms with van der Waals surface area (Å²) < 4.78 is 30.1. The summed E-state index contributed by atoms with van der Waals surface area (Å²) in [6.45, 7) is 4.01. The minimum absolute atomic E-state index is 0.185. The molecule has 0 aliphatic carbocycles. The van der Waals surface area contributed by atoms with Gasteiger partial charge in [0.25, 0.3) is 0 Å². The standard InChI is InChI=1S/C10H15N3O3S/c1-3-13(6-4-5-11)17(14,15)8-10-7-9(2)16-12-10/h7H,3-4,6,8H2,1-2H3. The molecule has 94 valence electrons. The number of aromatic nitrogens is 1. The van der Waals surface area contributed by atoms with Crippen molar-refractivity contribution in [3.63, 3.8) is 0 Å². The zero-order valence-corrected chi connectivity index (χ0v) is 10.7. The zero-order chi connectivity index (χ0) is 12.9. The molecule has 1 aromatic rings. The normalized spacial score (nSPS) is 11.6. The van der Waals surface area contributed by atoms with Crippen molar-refractivity contribution < 1.29 is 12.9 Å². The highest BCUT2D eigenvalue weighted by atomic mass is 32.2. The maximum atomic E-state index is 12.0. The minimum Gasteiger partial charge on any atom is -0.361 e. The Kier molecular flexibility index (Phi) is 4.66. The number of nitriles is 1. The van der Waals surface area contributed by atoms with Crippen LogP contribution in [-0.4, -0.2) is 31.0 Å². The van der Waals surface area contributed by atoms with Gasteiger partial charge in [0.05, 0.1) is 6.07 Å². The predicted octanol–water partition coefficient (Wildman–Crippen LogP) is 1.05. The molecule has 0 radical (unpaired) electrons. The average Bonchev–Trinajstić information content (AvgIpc) is 2.64. The van der Waals surface area contributed by atoms with Crippen LogP contribution in [0.4, 0.5) is 0 Å². The highest BCUT2D eigenvalue weighted by molar-refractivity contribution is 7.88. The first-order valence-corrected chi connectivity index (χ1v) is 6.87. The van der Waals surface area contributed by atoms with Crippen LogP contribution < -0.4 is 0 Å². The highest BCUT2D eigenvalue weighted by Gasteiger charge is 2.22. The van der Waals surface area contributed by atoms with Crippen LogP contribution in [0.1, 0.15) is 24.8 Å². The molecule has 17 heavy (non-hydrogen) atoms. The Hall–Kier alpha value is -1.39. The van der Waals surface area contributed by atoms with E-state index in [1.165, 1.54) is 4.31 Å². The second-order valence-electron chi connectivity index (χ2n) is 3.58. The molecule has 7 heteroatoms. The topological polar surface area (TPSA) is 87.2 Å². The molecule has 0 aliphatic heterocycles. The van der Waals surface area contributed by atoms with Crippen LogP contribution in [0.25, 0.3) is 0 Å². The summed E-state index contributed by atoms with van der Waals surface area (Å²) in [4.78, 5) is 0. The van der Waals surface area contributed by atoms with Crippen LogP contribution >= 0.6 is 0 Å². The first kappa shape index (κ1) is 13.7. The molecule has 0 unspecified atom stereocenters. The van der Waals surface area contributed by atoms with Gasteiger partial charge in [0, 0.05) is 25.6 Å². The molecule has 0 amide bonds. The van der Waals surface area contributed by atoms with Gasteiger partial charge in [-0.1, -0.05) is 12.1 Å². The number of hydrogen-bond acceptors (Lipinski definition) is 5. The van der Waals surface area contributed by atoms with Gasteiger partial charge in [0.2, 0.25) is 10.0 Å². The third-order valence-corrected chi connectivity index (χ3v) is 4.11. The van der Waals surface area contributed by atoms with Crippen LogP contribution in [0.2, 0.25) is 0 Å². The SMILES string of the molecule is CCN(CCC#N)S(=O)(=O)Cc1cc(C)on1. The molecule has 0 aromatic carbocycles. The highest BCUT2D eigenvalue weighted by Crippen LogP contribution is 2.11. The summed E-state index contributed by atoms with van der Waals surface area (Å²) >= 11 is 0. The van der Waals surface area contributed by atoms with Crippen molar-refractivity contribution in [2.24, 2.45) is 0 Å². The first-order valence-electron chi connectivity index (χ1n) is 5.26. The van der Waals surface area contributed by atoms with Gasteiger partial charge in [0.1, 0.15) is 17.2 Å². The number of aryl methyl sites for hydroxylation is 1. The van der Waals surface area contributed by atoms with E-state index < -0.39 is 10.0 Å². The minimum atomic E-state index is -3.42. The molecule has 0 saturated carbocycles. The quantitative estimate of drug-likeness (QED) is 0.760. The van der Waals surface area contributed by atoms with E-state index in [4.69, 9.17) is 9.78 Å². The van der Waals surface area contributed by atoms with Crippen molar-refractivity contribution in [3.05, 3.63) is 17.5 Å². The molecule has 0 N–H and O–H groups in total. The lowest BCUT2D eigenvalue weighted by Gasteiger charge is -2.18. The first-order chi connectivity index (χ1) is 7.99. The summed E-state index contributed by atoms with van der Waals surface area (Å²) in [5.41, 5.74) is 0.387. The molecular weight excluding hydrogens is 242 g/mol. The van der Waals surface area contributed by atoms with Gasteiger partial charge in [-0.05, 0) is 6.92 Å². The number of sulfonamides is 1. The molecular formula is C10H15N3O3S. The fraction of sp³-hybridized carbons (Fsp3) is 0.600. The zero-order valence-electron chi connectivity index (χ0n) is 9.88. The molecule has 0 bridgehead atoms. The van der Waals surface area contributed by atoms with E-state index in [1.54, 1.807) is 19.9 Å². The van der Waals surface area contributed by atoms with Crippen LogP contribution in [0.3, 0.4) is 0 Å². The van der Waals surface area contributed by atoms with Crippen LogP contribution in [0.15, 0.2) is 10.6 Å². The van der Waals surface area contributed by atoms with E-state index in [1.807, 2.05) is 6.07 Å². The molecule has 0 aliphatic rings. The Bertz CT molecular complexity index is 501. The van der Waals surface area contributed by atoms with Gasteiger partial charge in [0.15, 0.2) is 0 Å². The van der Waals surface area contributed by atoms with Crippen molar-refractivity contribution in [1.82, 2.24) is 9.46 Å². The van der Waals surface area contributed by atoms with E-state index >= 15 is 0 Å². The fourth-order valence-electron chi connectivity index (χ4n) is 1.43. The smallest absolute Gasteiger partial charge is 0.219 e. The Morgan fingerprint density at radius 3 is 2.76 bits per heavy atom. The fourth-order valence-corrected chi connectivity index (χ4v) is 2.89. The maximum Gasteiger partial charge on any atom is 0.219 e. The van der Waals surface area contributed by atoms with Crippen molar-refractivity contribution in [2.75, 3.05) is 13.1 Å². The third-order valence-electron chi connectivity index (χ3n) is 2.23. The number of nitrogens with zero attached hydrogens (tertiary/aromatic N) is 3. The summed E-state index contributed by atoms with van der Waals surface area (Å²) in [5.74, 6) is 0.388. The predicted molar refractivity (Wildman–Crippen MR) is 61.3 cm³/mol. The number of rotatable bonds is 6. The van der Waals surface area contributed by atoms with Gasteiger partial charge in [-0.25, -0.2) is 12.7 Å². The van der Waals surface area contributed by atoms with Crippen molar-refractivity contribution in [2.45, 2.75) is 26.0 Å². The van der Waals surface area contributed by atoms with E-state index in [0.29, 0.717) is 18.0 Å². The molecule has 1 heterocycles. The van der Waals surface area contributed by atoms with Crippen molar-refractivity contribution in [3.8, 4) is 6.07 Å². The molecule has 0 atom stereocenters. The molecule has 1 rings (SSSR count). The molecule has 0 saturated heterocycles. The largest absolute Gasteiger partial charge is 0.361 e. The van der Waals surface area contributed by atoms with Gasteiger partial charge < -0.3 is 4.52 Å². The maximum absolute atomic E-state index is 12.0. The summed E-state index contributed by atoms with van der Waals surface area (Å²) in [5, 5.41) is 12.1. The lowest BCUT2D eigenvalue weighted by atomic mass is 10.4. The summed E-state index contributed by atoms with van der Waals surface area (Å²) in [6.07, 6.45) is 0.185. The van der Waals surface area contributed by atoms with E-state index in [9.17, 15) is 8.42 Å². The molecule has 0 spiro atoms. The molecule has 6 nitrogen and oxygen atoms in total.